The molecule has 22 heavy (non-hydrogen) atoms. The van der Waals surface area contributed by atoms with E-state index < -0.39 is 0 Å². The molecule has 0 unspecified atom stereocenters. The van der Waals surface area contributed by atoms with E-state index in [1.807, 2.05) is 25.1 Å². The van der Waals surface area contributed by atoms with Gasteiger partial charge >= 0.3 is 0 Å². The first-order chi connectivity index (χ1) is 10.7. The Hall–Kier alpha value is -2.73. The van der Waals surface area contributed by atoms with Crippen LogP contribution in [0.4, 0.5) is 5.82 Å². The zero-order valence-corrected chi connectivity index (χ0v) is 12.3. The van der Waals surface area contributed by atoms with Crippen molar-refractivity contribution in [3.8, 4) is 17.0 Å². The molecule has 0 saturated carbocycles. The minimum Gasteiger partial charge on any atom is -0.497 e. The van der Waals surface area contributed by atoms with Gasteiger partial charge in [-0.1, -0.05) is 6.07 Å². The lowest BCUT2D eigenvalue weighted by Crippen LogP contribution is -1.89. The molecule has 0 radical (unpaired) electrons. The van der Waals surface area contributed by atoms with Gasteiger partial charge in [-0.25, -0.2) is 4.98 Å². The first-order valence-electron chi connectivity index (χ1n) is 6.78. The highest BCUT2D eigenvalue weighted by Gasteiger charge is 2.17. The van der Waals surface area contributed by atoms with E-state index in [0.29, 0.717) is 16.9 Å². The minimum absolute atomic E-state index is 0.108. The Morgan fingerprint density at radius 3 is 2.77 bits per heavy atom. The Bertz CT molecular complexity index is 855. The van der Waals surface area contributed by atoms with Crippen molar-refractivity contribution in [1.29, 1.82) is 0 Å². The van der Waals surface area contributed by atoms with Gasteiger partial charge in [0.05, 0.1) is 13.7 Å². The molecule has 1 aromatic carbocycles. The molecule has 3 aromatic rings. The summed E-state index contributed by atoms with van der Waals surface area (Å²) in [5, 5.41) is 12.4. The van der Waals surface area contributed by atoms with Crippen LogP contribution >= 0.6 is 0 Å². The number of aromatic nitrogens is 2. The quantitative estimate of drug-likeness (QED) is 0.750. The number of aliphatic hydroxyl groups is 1. The summed E-state index contributed by atoms with van der Waals surface area (Å²) in [6, 6.07) is 9.08. The zero-order chi connectivity index (χ0) is 15.7. The van der Waals surface area contributed by atoms with Gasteiger partial charge in [0.1, 0.15) is 17.1 Å². The number of pyridine rings is 1. The number of rotatable bonds is 4. The molecule has 2 heterocycles. The maximum absolute atomic E-state index is 11.3. The van der Waals surface area contributed by atoms with Crippen molar-refractivity contribution in [2.75, 3.05) is 7.11 Å². The monoisotopic (exact) mass is 297 g/mol. The van der Waals surface area contributed by atoms with E-state index in [4.69, 9.17) is 4.74 Å². The van der Waals surface area contributed by atoms with E-state index in [0.717, 1.165) is 16.9 Å². The molecule has 112 valence electrons. The van der Waals surface area contributed by atoms with Crippen molar-refractivity contribution >= 4 is 11.5 Å². The third-order valence-corrected chi connectivity index (χ3v) is 3.61. The number of fused-ring (bicyclic) bond motifs is 1. The summed E-state index contributed by atoms with van der Waals surface area (Å²) in [4.78, 5) is 15.8. The van der Waals surface area contributed by atoms with Crippen LogP contribution in [0, 0.1) is 11.8 Å². The molecular weight excluding hydrogens is 282 g/mol. The third-order valence-electron chi connectivity index (χ3n) is 3.61. The van der Waals surface area contributed by atoms with Crippen LogP contribution < -0.4 is 4.74 Å². The number of imidazole rings is 1. The van der Waals surface area contributed by atoms with Gasteiger partial charge < -0.3 is 9.84 Å². The summed E-state index contributed by atoms with van der Waals surface area (Å²) in [6.07, 6.45) is 1.67. The molecule has 0 bridgehead atoms. The molecule has 0 aliphatic carbocycles. The fraction of sp³-hybridized carbons (Fsp3) is 0.188. The van der Waals surface area contributed by atoms with Gasteiger partial charge in [-0.3, -0.25) is 4.40 Å². The van der Waals surface area contributed by atoms with Gasteiger partial charge in [0.2, 0.25) is 5.82 Å². The van der Waals surface area contributed by atoms with Crippen LogP contribution in [-0.4, -0.2) is 21.6 Å². The van der Waals surface area contributed by atoms with Crippen LogP contribution in [0.3, 0.4) is 0 Å². The minimum atomic E-state index is -0.108. The number of methoxy groups -OCH3 is 1. The lowest BCUT2D eigenvalue weighted by molar-refractivity contribution is 0.281. The molecular formula is C16H15N3O3. The van der Waals surface area contributed by atoms with Crippen LogP contribution in [0.5, 0.6) is 5.75 Å². The second kappa shape index (κ2) is 5.57. The first-order valence-corrected chi connectivity index (χ1v) is 6.78. The molecule has 0 aliphatic rings. The van der Waals surface area contributed by atoms with Crippen molar-refractivity contribution in [3.05, 3.63) is 52.6 Å². The van der Waals surface area contributed by atoms with Crippen LogP contribution in [0.2, 0.25) is 0 Å². The Balaban J connectivity index is 2.24. The summed E-state index contributed by atoms with van der Waals surface area (Å²) in [5.74, 6) is 0.965. The average Bonchev–Trinajstić information content (AvgIpc) is 2.91. The Kier molecular flexibility index (Phi) is 3.60. The normalized spacial score (nSPS) is 10.9. The molecule has 6 nitrogen and oxygen atoms in total. The fourth-order valence-corrected chi connectivity index (χ4v) is 2.47. The lowest BCUT2D eigenvalue weighted by Gasteiger charge is -2.06. The van der Waals surface area contributed by atoms with Crippen LogP contribution in [-0.2, 0) is 6.61 Å². The van der Waals surface area contributed by atoms with Crippen molar-refractivity contribution in [2.45, 2.75) is 13.5 Å². The highest BCUT2D eigenvalue weighted by atomic mass is 16.5. The smallest absolute Gasteiger partial charge is 0.209 e. The van der Waals surface area contributed by atoms with Gasteiger partial charge in [-0.05, 0) is 47.5 Å². The second-order valence-electron chi connectivity index (χ2n) is 4.98. The lowest BCUT2D eigenvalue weighted by atomic mass is 10.1. The molecule has 0 amide bonds. The Labute approximate surface area is 127 Å². The van der Waals surface area contributed by atoms with Crippen molar-refractivity contribution in [2.24, 2.45) is 5.18 Å². The largest absolute Gasteiger partial charge is 0.497 e. The summed E-state index contributed by atoms with van der Waals surface area (Å²) in [6.45, 7) is 1.82. The van der Waals surface area contributed by atoms with Crippen molar-refractivity contribution in [3.63, 3.8) is 0 Å². The SMILES string of the molecule is COc1ccc(-c2nc3ccc(CO)cn3c2N=O)c(C)c1. The zero-order valence-electron chi connectivity index (χ0n) is 12.3. The molecule has 0 atom stereocenters. The molecule has 0 aliphatic heterocycles. The number of hydrogen-bond acceptors (Lipinski definition) is 5. The summed E-state index contributed by atoms with van der Waals surface area (Å²) >= 11 is 0. The molecule has 2 aromatic heterocycles. The predicted molar refractivity (Wildman–Crippen MR) is 83.3 cm³/mol. The van der Waals surface area contributed by atoms with Crippen LogP contribution in [0.1, 0.15) is 11.1 Å². The molecule has 3 rings (SSSR count). The maximum atomic E-state index is 11.3. The fourth-order valence-electron chi connectivity index (χ4n) is 2.47. The highest BCUT2D eigenvalue weighted by molar-refractivity contribution is 5.77. The molecule has 0 saturated heterocycles. The number of aryl methyl sites for hydroxylation is 1. The van der Waals surface area contributed by atoms with Gasteiger partial charge in [0.25, 0.3) is 0 Å². The van der Waals surface area contributed by atoms with Crippen molar-refractivity contribution in [1.82, 2.24) is 9.38 Å². The maximum Gasteiger partial charge on any atom is 0.209 e. The van der Waals surface area contributed by atoms with E-state index in [-0.39, 0.29) is 12.4 Å². The summed E-state index contributed by atoms with van der Waals surface area (Å²) in [5.41, 5.74) is 3.58. The van der Waals surface area contributed by atoms with Gasteiger partial charge in [-0.15, -0.1) is 4.91 Å². The van der Waals surface area contributed by atoms with E-state index in [1.165, 1.54) is 0 Å². The van der Waals surface area contributed by atoms with Gasteiger partial charge in [-0.2, -0.15) is 0 Å². The standard InChI is InChI=1S/C16H15N3O3/c1-10-7-12(22-2)4-5-13(10)15-16(18-21)19-8-11(9-20)3-6-14(19)17-15/h3-8,20H,9H2,1-2H3. The van der Waals surface area contributed by atoms with E-state index in [9.17, 15) is 10.0 Å². The van der Waals surface area contributed by atoms with Gasteiger partial charge in [0, 0.05) is 11.8 Å². The van der Waals surface area contributed by atoms with E-state index in [2.05, 4.69) is 10.2 Å². The molecule has 0 spiro atoms. The summed E-state index contributed by atoms with van der Waals surface area (Å²) < 4.78 is 6.79. The Morgan fingerprint density at radius 2 is 2.14 bits per heavy atom. The molecule has 6 heteroatoms. The second-order valence-corrected chi connectivity index (χ2v) is 4.98. The number of nitrogens with zero attached hydrogens (tertiary/aromatic N) is 3. The summed E-state index contributed by atoms with van der Waals surface area (Å²) in [7, 11) is 1.61. The number of benzene rings is 1. The van der Waals surface area contributed by atoms with Gasteiger partial charge in [0.15, 0.2) is 0 Å². The number of ether oxygens (including phenoxy) is 1. The van der Waals surface area contributed by atoms with Crippen LogP contribution in [0.15, 0.2) is 41.7 Å². The van der Waals surface area contributed by atoms with E-state index in [1.54, 1.807) is 29.8 Å². The van der Waals surface area contributed by atoms with E-state index >= 15 is 0 Å². The third kappa shape index (κ3) is 2.23. The number of aliphatic hydroxyl groups excluding tert-OH is 1. The van der Waals surface area contributed by atoms with Crippen LogP contribution in [0.25, 0.3) is 16.9 Å². The predicted octanol–water partition coefficient (Wildman–Crippen LogP) is 3.21. The van der Waals surface area contributed by atoms with Crippen molar-refractivity contribution < 1.29 is 9.84 Å². The first kappa shape index (κ1) is 14.2. The number of nitroso groups, excluding NO2 is 1. The number of hydrogen-bond donors (Lipinski definition) is 1. The Morgan fingerprint density at radius 1 is 1.32 bits per heavy atom. The highest BCUT2D eigenvalue weighted by Crippen LogP contribution is 2.34. The molecule has 1 N–H and O–H groups in total. The topological polar surface area (TPSA) is 76.2 Å². The average molecular weight is 297 g/mol. The molecule has 0 fully saturated rings.